The number of benzene rings is 3. The van der Waals surface area contributed by atoms with Gasteiger partial charge in [0.1, 0.15) is 0 Å². The number of methoxy groups -OCH3 is 1. The van der Waals surface area contributed by atoms with E-state index in [0.29, 0.717) is 12.1 Å². The Balaban J connectivity index is 1.39. The van der Waals surface area contributed by atoms with Crippen LogP contribution in [0, 0.1) is 0 Å². The standard InChI is InChI=1S/C25H22N4O3S/c1-32-24(31)20-13-11-18(12-14-20)15-26-28-23(30)17-33-25-27-21-9-5-6-10-22(21)29(25)16-19-7-3-2-4-8-19/h2-15H,16-17H2,1H3,(H,28,30)/b26-15+. The fourth-order valence-corrected chi connectivity index (χ4v) is 4.05. The van der Waals surface area contributed by atoms with Crippen LogP contribution >= 0.6 is 11.8 Å². The van der Waals surface area contributed by atoms with Crippen LogP contribution in [-0.2, 0) is 16.1 Å². The lowest BCUT2D eigenvalue weighted by molar-refractivity contribution is -0.118. The van der Waals surface area contributed by atoms with Crippen LogP contribution in [0.1, 0.15) is 21.5 Å². The lowest BCUT2D eigenvalue weighted by atomic mass is 10.1. The molecule has 0 bridgehead atoms. The zero-order valence-electron chi connectivity index (χ0n) is 18.0. The molecule has 0 saturated carbocycles. The molecule has 1 aromatic heterocycles. The van der Waals surface area contributed by atoms with Crippen LogP contribution in [0.3, 0.4) is 0 Å². The molecule has 1 amide bonds. The average molecular weight is 459 g/mol. The number of nitrogens with zero attached hydrogens (tertiary/aromatic N) is 3. The zero-order valence-corrected chi connectivity index (χ0v) is 18.8. The molecule has 33 heavy (non-hydrogen) atoms. The van der Waals surface area contributed by atoms with Crippen LogP contribution in [0.25, 0.3) is 11.0 Å². The third kappa shape index (κ3) is 5.67. The lowest BCUT2D eigenvalue weighted by Gasteiger charge is -2.09. The Hall–Kier alpha value is -3.91. The maximum absolute atomic E-state index is 12.3. The molecule has 0 aliphatic carbocycles. The van der Waals surface area contributed by atoms with Crippen LogP contribution in [0.5, 0.6) is 0 Å². The number of hydrazone groups is 1. The van der Waals surface area contributed by atoms with E-state index >= 15 is 0 Å². The van der Waals surface area contributed by atoms with Crippen molar-refractivity contribution in [2.75, 3.05) is 12.9 Å². The summed E-state index contributed by atoms with van der Waals surface area (Å²) < 4.78 is 6.79. The molecule has 0 saturated heterocycles. The second-order valence-corrected chi connectivity index (χ2v) is 8.09. The third-order valence-electron chi connectivity index (χ3n) is 4.87. The van der Waals surface area contributed by atoms with E-state index in [9.17, 15) is 9.59 Å². The fraction of sp³-hybridized carbons (Fsp3) is 0.120. The Bertz CT molecular complexity index is 1280. The van der Waals surface area contributed by atoms with Crippen molar-refractivity contribution in [3.05, 3.63) is 95.6 Å². The van der Waals surface area contributed by atoms with Gasteiger partial charge in [0.25, 0.3) is 5.91 Å². The summed E-state index contributed by atoms with van der Waals surface area (Å²) in [5.41, 5.74) is 6.82. The predicted octanol–water partition coefficient (Wildman–Crippen LogP) is 4.11. The largest absolute Gasteiger partial charge is 0.465 e. The molecule has 0 atom stereocenters. The topological polar surface area (TPSA) is 85.6 Å². The number of thioether (sulfide) groups is 1. The molecule has 8 heteroatoms. The highest BCUT2D eigenvalue weighted by atomic mass is 32.2. The molecule has 4 aromatic rings. The molecule has 0 fully saturated rings. The van der Waals surface area contributed by atoms with Gasteiger partial charge in [-0.1, -0.05) is 66.4 Å². The molecule has 0 aliphatic rings. The highest BCUT2D eigenvalue weighted by Crippen LogP contribution is 2.25. The number of aromatic nitrogens is 2. The minimum absolute atomic E-state index is 0.177. The maximum Gasteiger partial charge on any atom is 0.337 e. The quantitative estimate of drug-likeness (QED) is 0.186. The SMILES string of the molecule is COC(=O)c1ccc(/C=N/NC(=O)CSc2nc3ccccc3n2Cc2ccccc2)cc1. The summed E-state index contributed by atoms with van der Waals surface area (Å²) in [5.74, 6) is -0.459. The van der Waals surface area contributed by atoms with Gasteiger partial charge >= 0.3 is 5.97 Å². The Kier molecular flexibility index (Phi) is 7.16. The van der Waals surface area contributed by atoms with E-state index in [1.807, 2.05) is 42.5 Å². The average Bonchev–Trinajstić information content (AvgIpc) is 3.20. The number of imidazole rings is 1. The minimum atomic E-state index is -0.401. The van der Waals surface area contributed by atoms with Crippen LogP contribution < -0.4 is 5.43 Å². The van der Waals surface area contributed by atoms with Gasteiger partial charge in [-0.25, -0.2) is 15.2 Å². The van der Waals surface area contributed by atoms with Crippen LogP contribution in [-0.4, -0.2) is 40.5 Å². The molecule has 1 N–H and O–H groups in total. The molecule has 7 nitrogen and oxygen atoms in total. The van der Waals surface area contributed by atoms with Crippen molar-refractivity contribution in [2.24, 2.45) is 5.10 Å². The molecule has 4 rings (SSSR count). The second kappa shape index (κ2) is 10.6. The van der Waals surface area contributed by atoms with Crippen LogP contribution in [0.2, 0.25) is 0 Å². The molecule has 1 heterocycles. The molecule has 0 spiro atoms. The first-order chi connectivity index (χ1) is 16.1. The summed E-state index contributed by atoms with van der Waals surface area (Å²) in [6.07, 6.45) is 1.52. The van der Waals surface area contributed by atoms with Gasteiger partial charge in [-0.3, -0.25) is 4.79 Å². The van der Waals surface area contributed by atoms with Crippen molar-refractivity contribution in [1.82, 2.24) is 15.0 Å². The van der Waals surface area contributed by atoms with Crippen LogP contribution in [0.15, 0.2) is 89.1 Å². The Morgan fingerprint density at radius 1 is 1.03 bits per heavy atom. The van der Waals surface area contributed by atoms with Gasteiger partial charge in [0.2, 0.25) is 0 Å². The molecule has 3 aromatic carbocycles. The first kappa shape index (κ1) is 22.3. The lowest BCUT2D eigenvalue weighted by Crippen LogP contribution is -2.20. The molecule has 0 unspecified atom stereocenters. The van der Waals surface area contributed by atoms with Gasteiger partial charge in [0, 0.05) is 0 Å². The van der Waals surface area contributed by atoms with Gasteiger partial charge in [0.15, 0.2) is 5.16 Å². The molecule has 166 valence electrons. The van der Waals surface area contributed by atoms with E-state index in [0.717, 1.165) is 27.3 Å². The minimum Gasteiger partial charge on any atom is -0.465 e. The predicted molar refractivity (Wildman–Crippen MR) is 130 cm³/mol. The smallest absolute Gasteiger partial charge is 0.337 e. The van der Waals surface area contributed by atoms with E-state index < -0.39 is 5.97 Å². The van der Waals surface area contributed by atoms with Crippen molar-refractivity contribution in [3.8, 4) is 0 Å². The summed E-state index contributed by atoms with van der Waals surface area (Å²) in [4.78, 5) is 28.5. The highest BCUT2D eigenvalue weighted by molar-refractivity contribution is 7.99. The van der Waals surface area contributed by atoms with Crippen molar-refractivity contribution in [2.45, 2.75) is 11.7 Å². The third-order valence-corrected chi connectivity index (χ3v) is 5.85. The number of ether oxygens (including phenoxy) is 1. The number of carbonyl (C=O) groups excluding carboxylic acids is 2. The van der Waals surface area contributed by atoms with Gasteiger partial charge in [-0.15, -0.1) is 0 Å². The molecular weight excluding hydrogens is 436 g/mol. The van der Waals surface area contributed by atoms with E-state index in [1.165, 1.54) is 25.1 Å². The van der Waals surface area contributed by atoms with E-state index in [1.54, 1.807) is 24.3 Å². The number of nitrogens with one attached hydrogen (secondary N) is 1. The van der Waals surface area contributed by atoms with Gasteiger partial charge in [-0.2, -0.15) is 5.10 Å². The number of amides is 1. The summed E-state index contributed by atoms with van der Waals surface area (Å²) in [7, 11) is 1.34. The number of carbonyl (C=O) groups is 2. The number of hydrogen-bond donors (Lipinski definition) is 1. The second-order valence-electron chi connectivity index (χ2n) is 7.15. The number of para-hydroxylation sites is 2. The summed E-state index contributed by atoms with van der Waals surface area (Å²) in [6, 6.07) is 24.8. The Morgan fingerprint density at radius 3 is 2.52 bits per heavy atom. The monoisotopic (exact) mass is 458 g/mol. The first-order valence-corrected chi connectivity index (χ1v) is 11.2. The van der Waals surface area contributed by atoms with Gasteiger partial charge < -0.3 is 9.30 Å². The summed E-state index contributed by atoms with van der Waals surface area (Å²) in [5, 5.41) is 4.78. The van der Waals surface area contributed by atoms with Crippen molar-refractivity contribution >= 4 is 40.9 Å². The van der Waals surface area contributed by atoms with Crippen molar-refractivity contribution in [3.63, 3.8) is 0 Å². The van der Waals surface area contributed by atoms with Crippen LogP contribution in [0.4, 0.5) is 0 Å². The Morgan fingerprint density at radius 2 is 1.76 bits per heavy atom. The molecular formula is C25H22N4O3S. The number of esters is 1. The zero-order chi connectivity index (χ0) is 23.0. The first-order valence-electron chi connectivity index (χ1n) is 10.3. The van der Waals surface area contributed by atoms with E-state index in [2.05, 4.69) is 32.0 Å². The van der Waals surface area contributed by atoms with Gasteiger partial charge in [-0.05, 0) is 35.4 Å². The van der Waals surface area contributed by atoms with E-state index in [4.69, 9.17) is 4.98 Å². The van der Waals surface area contributed by atoms with E-state index in [-0.39, 0.29) is 11.7 Å². The molecule has 0 radical (unpaired) electrons. The normalized spacial score (nSPS) is 11.1. The Labute approximate surface area is 195 Å². The van der Waals surface area contributed by atoms with Crippen molar-refractivity contribution in [1.29, 1.82) is 0 Å². The summed E-state index contributed by atoms with van der Waals surface area (Å²) >= 11 is 1.37. The number of hydrogen-bond acceptors (Lipinski definition) is 6. The fourth-order valence-electron chi connectivity index (χ4n) is 3.25. The van der Waals surface area contributed by atoms with Crippen molar-refractivity contribution < 1.29 is 14.3 Å². The molecule has 0 aliphatic heterocycles. The van der Waals surface area contributed by atoms with Gasteiger partial charge in [0.05, 0.1) is 42.2 Å². The number of fused-ring (bicyclic) bond motifs is 1. The summed E-state index contributed by atoms with van der Waals surface area (Å²) in [6.45, 7) is 0.672. The maximum atomic E-state index is 12.3. The number of rotatable bonds is 8. The highest BCUT2D eigenvalue weighted by Gasteiger charge is 2.13.